The van der Waals surface area contributed by atoms with E-state index in [1.165, 1.54) is 103 Å². The third-order valence-electron chi connectivity index (χ3n) is 5.42. The maximum Gasteiger partial charge on any atom is 0.305 e. The minimum absolute atomic E-state index is 0.0148. The summed E-state index contributed by atoms with van der Waals surface area (Å²) in [5.74, 6) is 0.880. The quantitative estimate of drug-likeness (QED) is 0.147. The van der Waals surface area contributed by atoms with Gasteiger partial charge in [-0.05, 0) is 18.8 Å². The molecule has 0 aromatic carbocycles. The molecular formula is C25H50O2. The molecule has 2 heteroatoms. The molecule has 0 radical (unpaired) electrons. The number of hydrogen-bond acceptors (Lipinski definition) is 2. The maximum atomic E-state index is 11.7. The Morgan fingerprint density at radius 3 is 1.59 bits per heavy atom. The lowest BCUT2D eigenvalue weighted by atomic mass is 10.0. The molecule has 0 rings (SSSR count). The summed E-state index contributed by atoms with van der Waals surface area (Å²) in [4.78, 5) is 11.7. The van der Waals surface area contributed by atoms with Gasteiger partial charge in [-0.3, -0.25) is 4.79 Å². The van der Waals surface area contributed by atoms with E-state index in [2.05, 4.69) is 20.8 Å². The molecule has 0 unspecified atom stereocenters. The van der Waals surface area contributed by atoms with Crippen molar-refractivity contribution in [2.75, 3.05) is 6.61 Å². The Kier molecular flexibility index (Phi) is 21.3. The number of hydrogen-bond donors (Lipinski definition) is 0. The third-order valence-corrected chi connectivity index (χ3v) is 5.42. The molecule has 0 bridgehead atoms. The van der Waals surface area contributed by atoms with Crippen LogP contribution in [-0.2, 0) is 9.53 Å². The van der Waals surface area contributed by atoms with Gasteiger partial charge < -0.3 is 4.74 Å². The first kappa shape index (κ1) is 26.5. The molecule has 2 nitrogen and oxygen atoms in total. The van der Waals surface area contributed by atoms with Crippen LogP contribution in [0.5, 0.6) is 0 Å². The second-order valence-corrected chi connectivity index (χ2v) is 8.81. The van der Waals surface area contributed by atoms with Crippen molar-refractivity contribution in [3.05, 3.63) is 0 Å². The van der Waals surface area contributed by atoms with E-state index in [0.29, 0.717) is 13.0 Å². The zero-order valence-corrected chi connectivity index (χ0v) is 19.0. The topological polar surface area (TPSA) is 26.3 Å². The van der Waals surface area contributed by atoms with Crippen molar-refractivity contribution in [3.8, 4) is 0 Å². The molecule has 0 aliphatic heterocycles. The summed E-state index contributed by atoms with van der Waals surface area (Å²) in [6.45, 7) is 7.51. The third kappa shape index (κ3) is 23.4. The van der Waals surface area contributed by atoms with Gasteiger partial charge in [0, 0.05) is 6.42 Å². The predicted octanol–water partition coefficient (Wildman–Crippen LogP) is 8.62. The van der Waals surface area contributed by atoms with E-state index in [1.54, 1.807) is 0 Å². The van der Waals surface area contributed by atoms with Gasteiger partial charge >= 0.3 is 5.97 Å². The number of carbonyl (C=O) groups excluding carboxylic acids is 1. The van der Waals surface area contributed by atoms with Crippen LogP contribution in [0.1, 0.15) is 143 Å². The molecular weight excluding hydrogens is 332 g/mol. The summed E-state index contributed by atoms with van der Waals surface area (Å²) in [6, 6.07) is 0. The van der Waals surface area contributed by atoms with Gasteiger partial charge in [0.15, 0.2) is 0 Å². The van der Waals surface area contributed by atoms with E-state index in [4.69, 9.17) is 4.74 Å². The summed E-state index contributed by atoms with van der Waals surface area (Å²) < 4.78 is 5.35. The highest BCUT2D eigenvalue weighted by Gasteiger charge is 2.02. The first-order chi connectivity index (χ1) is 13.2. The van der Waals surface area contributed by atoms with Crippen LogP contribution >= 0.6 is 0 Å². The molecule has 162 valence electrons. The van der Waals surface area contributed by atoms with Crippen LogP contribution in [0.4, 0.5) is 0 Å². The van der Waals surface area contributed by atoms with Gasteiger partial charge in [0.25, 0.3) is 0 Å². The van der Waals surface area contributed by atoms with Crippen molar-refractivity contribution in [1.29, 1.82) is 0 Å². The van der Waals surface area contributed by atoms with E-state index in [0.717, 1.165) is 18.8 Å². The number of ether oxygens (including phenoxy) is 1. The van der Waals surface area contributed by atoms with Gasteiger partial charge in [-0.15, -0.1) is 0 Å². The van der Waals surface area contributed by atoms with Crippen LogP contribution in [-0.4, -0.2) is 12.6 Å². The van der Waals surface area contributed by atoms with E-state index in [9.17, 15) is 4.79 Å². The lowest BCUT2D eigenvalue weighted by Crippen LogP contribution is -2.05. The first-order valence-corrected chi connectivity index (χ1v) is 12.3. The Morgan fingerprint density at radius 1 is 0.630 bits per heavy atom. The normalized spacial score (nSPS) is 11.3. The van der Waals surface area contributed by atoms with Crippen LogP contribution in [0.2, 0.25) is 0 Å². The predicted molar refractivity (Wildman–Crippen MR) is 119 cm³/mol. The fourth-order valence-corrected chi connectivity index (χ4v) is 3.55. The van der Waals surface area contributed by atoms with Gasteiger partial charge in [-0.25, -0.2) is 0 Å². The zero-order valence-electron chi connectivity index (χ0n) is 19.0. The highest BCUT2D eigenvalue weighted by Crippen LogP contribution is 2.13. The fraction of sp³-hybridized carbons (Fsp3) is 0.960. The summed E-state index contributed by atoms with van der Waals surface area (Å²) in [5, 5.41) is 0. The smallest absolute Gasteiger partial charge is 0.305 e. The molecule has 0 aliphatic carbocycles. The van der Waals surface area contributed by atoms with Crippen molar-refractivity contribution < 1.29 is 9.53 Å². The van der Waals surface area contributed by atoms with Gasteiger partial charge in [-0.2, -0.15) is 0 Å². The maximum absolute atomic E-state index is 11.7. The number of rotatable bonds is 21. The molecule has 0 aromatic heterocycles. The monoisotopic (exact) mass is 382 g/mol. The molecule has 0 aromatic rings. The van der Waals surface area contributed by atoms with Crippen molar-refractivity contribution in [1.82, 2.24) is 0 Å². The Balaban J connectivity index is 3.14. The molecule has 0 saturated carbocycles. The average Bonchev–Trinajstić information content (AvgIpc) is 2.64. The summed E-state index contributed by atoms with van der Waals surface area (Å²) >= 11 is 0. The van der Waals surface area contributed by atoms with E-state index in [-0.39, 0.29) is 5.97 Å². The van der Waals surface area contributed by atoms with Crippen LogP contribution in [0, 0.1) is 5.92 Å². The minimum atomic E-state index is 0.0148. The Hall–Kier alpha value is -0.530. The lowest BCUT2D eigenvalue weighted by molar-refractivity contribution is -0.143. The van der Waals surface area contributed by atoms with Crippen molar-refractivity contribution in [2.24, 2.45) is 5.92 Å². The lowest BCUT2D eigenvalue weighted by Gasteiger charge is -2.06. The molecule has 0 amide bonds. The molecule has 0 saturated heterocycles. The van der Waals surface area contributed by atoms with E-state index < -0.39 is 0 Å². The Morgan fingerprint density at radius 2 is 1.07 bits per heavy atom. The molecule has 0 spiro atoms. The highest BCUT2D eigenvalue weighted by molar-refractivity contribution is 5.69. The van der Waals surface area contributed by atoms with Crippen LogP contribution in [0.25, 0.3) is 0 Å². The van der Waals surface area contributed by atoms with Crippen molar-refractivity contribution >= 4 is 5.97 Å². The average molecular weight is 383 g/mol. The van der Waals surface area contributed by atoms with Crippen LogP contribution in [0.15, 0.2) is 0 Å². The summed E-state index contributed by atoms with van der Waals surface area (Å²) in [7, 11) is 0. The molecule has 0 fully saturated rings. The molecule has 27 heavy (non-hydrogen) atoms. The van der Waals surface area contributed by atoms with Crippen LogP contribution in [0.3, 0.4) is 0 Å². The SMILES string of the molecule is CCCCCCCCCC(=O)OCCCCCCCCCCCCC(C)C. The fourth-order valence-electron chi connectivity index (χ4n) is 3.55. The summed E-state index contributed by atoms with van der Waals surface area (Å²) in [6.07, 6.45) is 24.1. The zero-order chi connectivity index (χ0) is 20.0. The number of carbonyl (C=O) groups is 1. The Bertz CT molecular complexity index is 299. The van der Waals surface area contributed by atoms with Crippen molar-refractivity contribution in [3.63, 3.8) is 0 Å². The van der Waals surface area contributed by atoms with Gasteiger partial charge in [0.2, 0.25) is 0 Å². The van der Waals surface area contributed by atoms with Gasteiger partial charge in [-0.1, -0.05) is 124 Å². The van der Waals surface area contributed by atoms with E-state index >= 15 is 0 Å². The summed E-state index contributed by atoms with van der Waals surface area (Å²) in [5.41, 5.74) is 0. The second-order valence-electron chi connectivity index (χ2n) is 8.81. The largest absolute Gasteiger partial charge is 0.466 e. The molecule has 0 N–H and O–H groups in total. The van der Waals surface area contributed by atoms with Gasteiger partial charge in [0.1, 0.15) is 0 Å². The Labute approximate surface area is 171 Å². The molecule has 0 atom stereocenters. The number of unbranched alkanes of at least 4 members (excludes halogenated alkanes) is 15. The standard InChI is InChI=1S/C25H50O2/c1-4-5-6-7-12-16-19-22-25(26)27-23-20-17-14-11-9-8-10-13-15-18-21-24(2)3/h24H,4-23H2,1-3H3. The van der Waals surface area contributed by atoms with E-state index in [1.807, 2.05) is 0 Å². The highest BCUT2D eigenvalue weighted by atomic mass is 16.5. The molecule has 0 aliphatic rings. The van der Waals surface area contributed by atoms with Crippen molar-refractivity contribution in [2.45, 2.75) is 143 Å². The van der Waals surface area contributed by atoms with Gasteiger partial charge in [0.05, 0.1) is 6.61 Å². The minimum Gasteiger partial charge on any atom is -0.466 e. The second kappa shape index (κ2) is 21.8. The molecule has 0 heterocycles. The van der Waals surface area contributed by atoms with Crippen LogP contribution < -0.4 is 0 Å². The number of esters is 1. The first-order valence-electron chi connectivity index (χ1n) is 12.3.